The van der Waals surface area contributed by atoms with Crippen LogP contribution in [-0.4, -0.2) is 4.55 Å². The number of hydrazine groups is 1. The minimum absolute atomic E-state index is 0.307. The number of anilines is 1. The highest BCUT2D eigenvalue weighted by Gasteiger charge is 2.09. The Morgan fingerprint density at radius 3 is 2.25 bits per heavy atom. The van der Waals surface area contributed by atoms with Crippen LogP contribution in [0.25, 0.3) is 0 Å². The summed E-state index contributed by atoms with van der Waals surface area (Å²) in [6.45, 7) is 0. The molecule has 0 bridgehead atoms. The van der Waals surface area contributed by atoms with Gasteiger partial charge in [0.2, 0.25) is 0 Å². The molecule has 7 nitrogen and oxygen atoms in total. The van der Waals surface area contributed by atoms with Crippen LogP contribution in [-0.2, 0) is 0 Å². The highest BCUT2D eigenvalue weighted by molar-refractivity contribution is 7.65. The predicted octanol–water partition coefficient (Wildman–Crippen LogP) is 3.57. The molecule has 120 valence electrons. The van der Waals surface area contributed by atoms with Crippen LogP contribution in [0.4, 0.5) is 5.69 Å². The lowest BCUT2D eigenvalue weighted by Gasteiger charge is -2.27. The molecule has 0 saturated carbocycles. The van der Waals surface area contributed by atoms with E-state index in [0.29, 0.717) is 49.3 Å². The number of hydrogen-bond acceptors (Lipinski definition) is 7. The van der Waals surface area contributed by atoms with Crippen molar-refractivity contribution in [1.29, 1.82) is 10.5 Å². The monoisotopic (exact) mass is 374 g/mol. The molecule has 0 amide bonds. The van der Waals surface area contributed by atoms with Gasteiger partial charge in [-0.25, -0.2) is 0 Å². The number of nitrogens with zero attached hydrogens (tertiary/aromatic N) is 3. The molecule has 0 aromatic heterocycles. The van der Waals surface area contributed by atoms with E-state index in [1.165, 1.54) is 0 Å². The number of nitrogens with one attached hydrogen (secondary N) is 3. The zero-order valence-corrected chi connectivity index (χ0v) is 15.3. The maximum Gasteiger partial charge on any atom is 0.128 e. The highest BCUT2D eigenvalue weighted by Crippen LogP contribution is 2.37. The van der Waals surface area contributed by atoms with Crippen LogP contribution in [0.15, 0.2) is 42.5 Å². The molecule has 3 N–H and O–H groups in total. The summed E-state index contributed by atoms with van der Waals surface area (Å²) in [6.07, 6.45) is 0. The lowest BCUT2D eigenvalue weighted by Crippen LogP contribution is -2.21. The lowest BCUT2D eigenvalue weighted by molar-refractivity contribution is 0.482. The van der Waals surface area contributed by atoms with Gasteiger partial charge in [-0.2, -0.15) is 15.1 Å². The molecule has 2 aromatic rings. The summed E-state index contributed by atoms with van der Waals surface area (Å²) >= 11 is 0. The van der Waals surface area contributed by atoms with Gasteiger partial charge in [0.05, 0.1) is 28.9 Å². The molecule has 0 spiro atoms. The van der Waals surface area contributed by atoms with Gasteiger partial charge in [-0.1, -0.05) is 0 Å². The summed E-state index contributed by atoms with van der Waals surface area (Å²) in [4.78, 5) is 6.52. The normalized spacial score (nSPS) is 17.4. The van der Waals surface area contributed by atoms with Crippen molar-refractivity contribution in [2.45, 2.75) is 0 Å². The Morgan fingerprint density at radius 2 is 1.58 bits per heavy atom. The second-order valence-electron chi connectivity index (χ2n) is 4.60. The Morgan fingerprint density at radius 1 is 0.917 bits per heavy atom. The largest absolute Gasteiger partial charge is 0.457 e. The van der Waals surface area contributed by atoms with E-state index in [-0.39, 0.29) is 0 Å². The Bertz CT molecular complexity index is 796. The van der Waals surface area contributed by atoms with Gasteiger partial charge in [0.15, 0.2) is 0 Å². The average Bonchev–Trinajstić information content (AvgIpc) is 2.64. The van der Waals surface area contributed by atoms with E-state index in [1.54, 1.807) is 18.2 Å². The molecule has 1 aliphatic heterocycles. The quantitative estimate of drug-likeness (QED) is 0.704. The molecule has 10 heteroatoms. The minimum atomic E-state index is 0.307. The summed E-state index contributed by atoms with van der Waals surface area (Å²) in [5, 5.41) is 18.0. The second-order valence-corrected chi connectivity index (χ2v) is 8.64. The smallest absolute Gasteiger partial charge is 0.128 e. The van der Waals surface area contributed by atoms with Crippen molar-refractivity contribution in [2.24, 2.45) is 0 Å². The van der Waals surface area contributed by atoms with Crippen LogP contribution in [0, 0.1) is 22.7 Å². The van der Waals surface area contributed by atoms with Gasteiger partial charge in [0.25, 0.3) is 0 Å². The van der Waals surface area contributed by atoms with Gasteiger partial charge in [0.1, 0.15) is 23.6 Å². The van der Waals surface area contributed by atoms with Gasteiger partial charge < -0.3 is 10.2 Å². The number of nitriles is 2. The Balaban J connectivity index is 1.66. The first-order valence-electron chi connectivity index (χ1n) is 6.84. The fraction of sp³-hybridized carbons (Fsp3) is 0. The Hall–Kier alpha value is -1.81. The average molecular weight is 374 g/mol. The number of benzene rings is 2. The van der Waals surface area contributed by atoms with Crippen molar-refractivity contribution in [3.8, 4) is 23.6 Å². The van der Waals surface area contributed by atoms with Crippen molar-refractivity contribution >= 4 is 32.3 Å². The van der Waals surface area contributed by atoms with Crippen LogP contribution in [0.3, 0.4) is 0 Å². The molecular weight excluding hydrogens is 361 g/mol. The van der Waals surface area contributed by atoms with E-state index in [0.717, 1.165) is 5.69 Å². The topological polar surface area (TPSA) is 96.1 Å². The number of hydrogen-bond donors (Lipinski definition) is 3. The maximum absolute atomic E-state index is 9.05. The van der Waals surface area contributed by atoms with Gasteiger partial charge in [-0.15, -0.1) is 0 Å². The molecule has 2 atom stereocenters. The van der Waals surface area contributed by atoms with Gasteiger partial charge in [-0.3, -0.25) is 9.72 Å². The lowest BCUT2D eigenvalue weighted by atomic mass is 10.1. The molecule has 24 heavy (non-hydrogen) atoms. The van der Waals surface area contributed by atoms with Crippen LogP contribution in [0.5, 0.6) is 11.5 Å². The van der Waals surface area contributed by atoms with Gasteiger partial charge in [0, 0.05) is 14.6 Å². The Kier molecular flexibility index (Phi) is 5.91. The zero-order valence-electron chi connectivity index (χ0n) is 12.3. The van der Waals surface area contributed by atoms with Crippen LogP contribution in [0.1, 0.15) is 11.1 Å². The first-order chi connectivity index (χ1) is 11.8. The van der Waals surface area contributed by atoms with Crippen molar-refractivity contribution in [3.05, 3.63) is 53.6 Å². The third-order valence-corrected chi connectivity index (χ3v) is 6.26. The molecule has 3 rings (SSSR count). The molecule has 1 heterocycles. The molecule has 1 fully saturated rings. The number of rotatable bonds is 4. The summed E-state index contributed by atoms with van der Waals surface area (Å²) in [5.74, 6) is 1.19. The van der Waals surface area contributed by atoms with Crippen LogP contribution in [0.2, 0.25) is 0 Å². The van der Waals surface area contributed by atoms with E-state index in [2.05, 4.69) is 19.7 Å². The predicted molar refractivity (Wildman–Crippen MR) is 99.1 cm³/mol. The molecule has 0 aliphatic carbocycles. The number of ether oxygens (including phenoxy) is 1. The van der Waals surface area contributed by atoms with Crippen molar-refractivity contribution < 1.29 is 4.74 Å². The Labute approximate surface area is 145 Å². The molecule has 0 radical (unpaired) electrons. The van der Waals surface area contributed by atoms with Gasteiger partial charge >= 0.3 is 0 Å². The highest BCUT2D eigenvalue weighted by atomic mass is 31.2. The molecule has 1 saturated heterocycles. The standard InChI is InChI=1S/C14H13N6OP3/c15-8-10-1-4-14(7-11(10)9-16)21-13-5-2-12(3-6-13)17-20-23-18-22-19-24-20/h1-7,17-19,22-24H. The third kappa shape index (κ3) is 4.38. The van der Waals surface area contributed by atoms with E-state index in [4.69, 9.17) is 15.3 Å². The van der Waals surface area contributed by atoms with Crippen LogP contribution < -0.4 is 19.9 Å². The second kappa shape index (κ2) is 8.34. The SMILES string of the molecule is N#Cc1ccc(Oc2ccc(NN3PNPNP3)cc2)cc1C#N. The van der Waals surface area contributed by atoms with Gasteiger partial charge in [-0.05, 0) is 42.5 Å². The summed E-state index contributed by atoms with van der Waals surface area (Å²) in [7, 11) is 1.68. The molecule has 2 aromatic carbocycles. The van der Waals surface area contributed by atoms with Crippen LogP contribution >= 0.6 is 26.6 Å². The third-order valence-electron chi connectivity index (χ3n) is 3.02. The summed E-state index contributed by atoms with van der Waals surface area (Å²) in [6, 6.07) is 16.4. The van der Waals surface area contributed by atoms with Crippen molar-refractivity contribution in [3.63, 3.8) is 0 Å². The first kappa shape index (κ1) is 17.0. The zero-order chi connectivity index (χ0) is 16.8. The summed E-state index contributed by atoms with van der Waals surface area (Å²) < 4.78 is 7.82. The fourth-order valence-corrected chi connectivity index (χ4v) is 5.68. The maximum atomic E-state index is 9.05. The minimum Gasteiger partial charge on any atom is -0.457 e. The van der Waals surface area contributed by atoms with Crippen molar-refractivity contribution in [1.82, 2.24) is 14.3 Å². The van der Waals surface area contributed by atoms with Crippen molar-refractivity contribution in [2.75, 3.05) is 5.43 Å². The summed E-state index contributed by atoms with van der Waals surface area (Å²) in [5.41, 5.74) is 4.92. The molecular formula is C14H13N6OP3. The van der Waals surface area contributed by atoms with E-state index in [1.807, 2.05) is 36.4 Å². The molecule has 1 aliphatic rings. The fourth-order valence-electron chi connectivity index (χ4n) is 1.92. The van der Waals surface area contributed by atoms with E-state index >= 15 is 0 Å². The first-order valence-corrected chi connectivity index (χ1v) is 9.73. The van der Waals surface area contributed by atoms with E-state index < -0.39 is 0 Å². The molecule has 2 unspecified atom stereocenters. The van der Waals surface area contributed by atoms with E-state index in [9.17, 15) is 0 Å².